The topological polar surface area (TPSA) is 62.6 Å². The zero-order valence-electron chi connectivity index (χ0n) is 10.7. The van der Waals surface area contributed by atoms with Crippen LogP contribution in [0, 0.1) is 0 Å². The molecule has 3 rings (SSSR count). The molecular weight excluding hydrogens is 260 g/mol. The first-order chi connectivity index (χ1) is 9.78. The smallest absolute Gasteiger partial charge is 0.341 e. The van der Waals surface area contributed by atoms with E-state index >= 15 is 0 Å². The van der Waals surface area contributed by atoms with Gasteiger partial charge in [0.1, 0.15) is 12.5 Å². The van der Waals surface area contributed by atoms with E-state index in [1.54, 1.807) is 10.9 Å². The predicted octanol–water partition coefficient (Wildman–Crippen LogP) is 2.18. The molecule has 0 atom stereocenters. The van der Waals surface area contributed by atoms with Gasteiger partial charge in [0.2, 0.25) is 0 Å². The first kappa shape index (κ1) is 12.3. The Bertz CT molecular complexity index is 637. The summed E-state index contributed by atoms with van der Waals surface area (Å²) >= 11 is 0. The second-order valence-electron chi connectivity index (χ2n) is 4.13. The second-order valence-corrected chi connectivity index (χ2v) is 4.13. The van der Waals surface area contributed by atoms with E-state index in [4.69, 9.17) is 9.47 Å². The van der Waals surface area contributed by atoms with Gasteiger partial charge in [0.25, 0.3) is 6.29 Å². The number of ether oxygens (including phenoxy) is 3. The molecule has 0 amide bonds. The maximum atomic E-state index is 11.4. The summed E-state index contributed by atoms with van der Waals surface area (Å²) in [6.07, 6.45) is 5.70. The van der Waals surface area contributed by atoms with E-state index in [0.717, 1.165) is 11.3 Å². The molecule has 2 aromatic rings. The number of hydrogen-bond acceptors (Lipinski definition) is 5. The van der Waals surface area contributed by atoms with E-state index in [1.807, 2.05) is 24.3 Å². The Hall–Kier alpha value is -2.76. The van der Waals surface area contributed by atoms with Crippen molar-refractivity contribution >= 4 is 5.97 Å². The van der Waals surface area contributed by atoms with E-state index in [1.165, 1.54) is 25.8 Å². The Balaban J connectivity index is 1.80. The van der Waals surface area contributed by atoms with Crippen molar-refractivity contribution in [3.8, 4) is 5.69 Å². The van der Waals surface area contributed by atoms with Crippen molar-refractivity contribution in [3.63, 3.8) is 0 Å². The molecule has 0 unspecified atom stereocenters. The zero-order chi connectivity index (χ0) is 13.9. The lowest BCUT2D eigenvalue weighted by atomic mass is 10.2. The number of nitrogens with zero attached hydrogens (tertiary/aromatic N) is 2. The molecule has 2 heterocycles. The first-order valence-corrected chi connectivity index (χ1v) is 5.97. The van der Waals surface area contributed by atoms with Crippen molar-refractivity contribution in [2.24, 2.45) is 0 Å². The number of rotatable bonds is 3. The minimum atomic E-state index is -0.410. The molecule has 1 aliphatic heterocycles. The van der Waals surface area contributed by atoms with Crippen LogP contribution >= 0.6 is 0 Å². The lowest BCUT2D eigenvalue weighted by Crippen LogP contribution is -2.00. The highest BCUT2D eigenvalue weighted by Gasteiger charge is 2.15. The Kier molecular flexibility index (Phi) is 3.12. The van der Waals surface area contributed by atoms with E-state index in [9.17, 15) is 4.79 Å². The molecule has 0 radical (unpaired) electrons. The van der Waals surface area contributed by atoms with E-state index in [0.29, 0.717) is 5.56 Å². The van der Waals surface area contributed by atoms with Crippen molar-refractivity contribution in [1.29, 1.82) is 0 Å². The molecular formula is C14H12N2O4. The maximum absolute atomic E-state index is 11.4. The zero-order valence-corrected chi connectivity index (χ0v) is 10.7. The molecule has 6 heteroatoms. The van der Waals surface area contributed by atoms with Gasteiger partial charge in [0.15, 0.2) is 0 Å². The number of benzene rings is 1. The van der Waals surface area contributed by atoms with Crippen molar-refractivity contribution in [2.45, 2.75) is 6.29 Å². The normalized spacial score (nSPS) is 13.8. The molecule has 6 nitrogen and oxygen atoms in total. The largest absolute Gasteiger partial charge is 0.465 e. The fourth-order valence-corrected chi connectivity index (χ4v) is 1.87. The lowest BCUT2D eigenvalue weighted by Gasteiger charge is -2.10. The van der Waals surface area contributed by atoms with Crippen LogP contribution < -0.4 is 0 Å². The lowest BCUT2D eigenvalue weighted by molar-refractivity contribution is -0.0245. The predicted molar refractivity (Wildman–Crippen MR) is 69.0 cm³/mol. The highest BCUT2D eigenvalue weighted by molar-refractivity contribution is 5.88. The Morgan fingerprint density at radius 2 is 1.95 bits per heavy atom. The van der Waals surface area contributed by atoms with Crippen molar-refractivity contribution < 1.29 is 19.0 Å². The highest BCUT2D eigenvalue weighted by Crippen LogP contribution is 2.24. The van der Waals surface area contributed by atoms with Gasteiger partial charge in [0.05, 0.1) is 24.6 Å². The van der Waals surface area contributed by atoms with Crippen LogP contribution in [0.5, 0.6) is 0 Å². The second kappa shape index (κ2) is 5.08. The summed E-state index contributed by atoms with van der Waals surface area (Å²) in [5, 5.41) is 4.12. The van der Waals surface area contributed by atoms with Crippen LogP contribution in [0.4, 0.5) is 0 Å². The van der Waals surface area contributed by atoms with Crippen LogP contribution in [0.15, 0.2) is 49.2 Å². The van der Waals surface area contributed by atoms with E-state index in [2.05, 4.69) is 9.84 Å². The van der Waals surface area contributed by atoms with Crippen LogP contribution in [0.1, 0.15) is 22.2 Å². The fourth-order valence-electron chi connectivity index (χ4n) is 1.87. The number of carbonyl (C=O) groups excluding carboxylic acids is 1. The molecule has 0 aliphatic carbocycles. The highest BCUT2D eigenvalue weighted by atomic mass is 16.7. The van der Waals surface area contributed by atoms with E-state index in [-0.39, 0.29) is 0 Å². The fraction of sp³-hybridized carbons (Fsp3) is 0.143. The average Bonchev–Trinajstić information content (AvgIpc) is 3.18. The third-order valence-corrected chi connectivity index (χ3v) is 2.89. The van der Waals surface area contributed by atoms with Crippen molar-refractivity contribution in [1.82, 2.24) is 9.78 Å². The summed E-state index contributed by atoms with van der Waals surface area (Å²) in [5.74, 6) is -0.410. The summed E-state index contributed by atoms with van der Waals surface area (Å²) in [6, 6.07) is 7.50. The van der Waals surface area contributed by atoms with Crippen LogP contribution in [-0.2, 0) is 14.2 Å². The third kappa shape index (κ3) is 2.23. The van der Waals surface area contributed by atoms with Gasteiger partial charge in [-0.1, -0.05) is 0 Å². The molecule has 0 bridgehead atoms. The third-order valence-electron chi connectivity index (χ3n) is 2.89. The van der Waals surface area contributed by atoms with Gasteiger partial charge in [-0.05, 0) is 24.3 Å². The van der Waals surface area contributed by atoms with Crippen LogP contribution in [0.2, 0.25) is 0 Å². The van der Waals surface area contributed by atoms with Crippen molar-refractivity contribution in [2.75, 3.05) is 7.11 Å². The van der Waals surface area contributed by atoms with Gasteiger partial charge in [-0.15, -0.1) is 0 Å². The number of carbonyl (C=O) groups is 1. The molecule has 1 aliphatic rings. The monoisotopic (exact) mass is 272 g/mol. The van der Waals surface area contributed by atoms with Gasteiger partial charge in [0, 0.05) is 11.8 Å². The summed E-state index contributed by atoms with van der Waals surface area (Å²) in [7, 11) is 1.34. The molecule has 0 N–H and O–H groups in total. The Morgan fingerprint density at radius 3 is 2.60 bits per heavy atom. The maximum Gasteiger partial charge on any atom is 0.341 e. The van der Waals surface area contributed by atoms with Crippen LogP contribution in [0.3, 0.4) is 0 Å². The Labute approximate surface area is 115 Å². The van der Waals surface area contributed by atoms with Gasteiger partial charge < -0.3 is 14.2 Å². The van der Waals surface area contributed by atoms with Crippen molar-refractivity contribution in [3.05, 3.63) is 60.3 Å². The molecule has 102 valence electrons. The SMILES string of the molecule is COC(=O)c1cnn(-c2ccc(C3OC=CO3)cc2)c1. The molecule has 0 spiro atoms. The van der Waals surface area contributed by atoms with Gasteiger partial charge >= 0.3 is 5.97 Å². The summed E-state index contributed by atoms with van der Waals surface area (Å²) in [4.78, 5) is 11.4. The first-order valence-electron chi connectivity index (χ1n) is 5.97. The Morgan fingerprint density at radius 1 is 1.25 bits per heavy atom. The number of esters is 1. The summed E-state index contributed by atoms with van der Waals surface area (Å²) in [5.41, 5.74) is 2.14. The molecule has 20 heavy (non-hydrogen) atoms. The molecule has 0 saturated carbocycles. The summed E-state index contributed by atoms with van der Waals surface area (Å²) < 4.78 is 16.7. The van der Waals surface area contributed by atoms with E-state index < -0.39 is 12.3 Å². The summed E-state index contributed by atoms with van der Waals surface area (Å²) in [6.45, 7) is 0. The average molecular weight is 272 g/mol. The van der Waals surface area contributed by atoms with Crippen LogP contribution in [-0.4, -0.2) is 22.9 Å². The standard InChI is InChI=1S/C14H12N2O4/c1-18-13(17)11-8-15-16(9-11)12-4-2-10(3-5-12)14-19-6-7-20-14/h2-9,14H,1H3. The quantitative estimate of drug-likeness (QED) is 0.801. The number of methoxy groups -OCH3 is 1. The van der Waals surface area contributed by atoms with Crippen LogP contribution in [0.25, 0.3) is 5.69 Å². The van der Waals surface area contributed by atoms with Gasteiger partial charge in [-0.25, -0.2) is 9.48 Å². The number of hydrogen-bond donors (Lipinski definition) is 0. The minimum absolute atomic E-state index is 0.396. The van der Waals surface area contributed by atoms with Gasteiger partial charge in [-0.3, -0.25) is 0 Å². The minimum Gasteiger partial charge on any atom is -0.465 e. The molecule has 1 aromatic carbocycles. The molecule has 0 saturated heterocycles. The van der Waals surface area contributed by atoms with Gasteiger partial charge in [-0.2, -0.15) is 5.10 Å². The molecule has 1 aromatic heterocycles. The number of aromatic nitrogens is 2. The molecule has 0 fully saturated rings.